The SMILES string of the molecule is CC(=O)OCn1c(=O)n(C2CCCN(C(=O)CC#N)C2)c2nc(-c3cnn4ccccc34)ncc21. The molecule has 12 nitrogen and oxygen atoms in total. The predicted octanol–water partition coefficient (Wildman–Crippen LogP) is 1.51. The van der Waals surface area contributed by atoms with Gasteiger partial charge in [-0.2, -0.15) is 10.4 Å². The summed E-state index contributed by atoms with van der Waals surface area (Å²) in [6, 6.07) is 7.18. The molecule has 4 aromatic rings. The number of aromatic nitrogens is 6. The van der Waals surface area contributed by atoms with Gasteiger partial charge in [-0.25, -0.2) is 19.3 Å². The molecule has 0 saturated carbocycles. The van der Waals surface area contributed by atoms with Crippen LogP contribution in [-0.2, 0) is 21.1 Å². The van der Waals surface area contributed by atoms with Crippen molar-refractivity contribution in [3.63, 3.8) is 0 Å². The first kappa shape index (κ1) is 22.3. The quantitative estimate of drug-likeness (QED) is 0.396. The topological polar surface area (TPSA) is 140 Å². The van der Waals surface area contributed by atoms with Crippen molar-refractivity contribution < 1.29 is 14.3 Å². The van der Waals surface area contributed by atoms with E-state index in [-0.39, 0.29) is 31.6 Å². The van der Waals surface area contributed by atoms with Crippen LogP contribution in [0.4, 0.5) is 0 Å². The number of piperidine rings is 1. The Balaban J connectivity index is 1.63. The van der Waals surface area contributed by atoms with Crippen LogP contribution in [0, 0.1) is 11.3 Å². The van der Waals surface area contributed by atoms with Gasteiger partial charge in [0.25, 0.3) is 0 Å². The molecule has 5 heterocycles. The second-order valence-corrected chi connectivity index (χ2v) is 8.31. The van der Waals surface area contributed by atoms with Crippen LogP contribution in [0.25, 0.3) is 28.1 Å². The number of ether oxygens (including phenoxy) is 1. The highest BCUT2D eigenvalue weighted by atomic mass is 16.5. The monoisotopic (exact) mass is 474 g/mol. The molecule has 4 aromatic heterocycles. The lowest BCUT2D eigenvalue weighted by atomic mass is 10.1. The second kappa shape index (κ2) is 9.02. The molecule has 1 unspecified atom stereocenters. The standard InChI is InChI=1S/C23H22N8O4/c1-15(32)35-14-29-19-12-25-21(17-11-26-30-10-3-2-6-18(17)30)27-22(19)31(23(29)34)16-5-4-9-28(13-16)20(33)7-8-24/h2-3,6,10-12,16H,4-5,7,9,13-14H2,1H3. The van der Waals surface area contributed by atoms with E-state index in [1.54, 1.807) is 20.2 Å². The van der Waals surface area contributed by atoms with E-state index in [2.05, 4.69) is 10.1 Å². The average Bonchev–Trinajstić information content (AvgIpc) is 3.41. The van der Waals surface area contributed by atoms with E-state index < -0.39 is 11.7 Å². The van der Waals surface area contributed by atoms with Gasteiger partial charge in [0.2, 0.25) is 5.91 Å². The van der Waals surface area contributed by atoms with Crippen LogP contribution in [0.15, 0.2) is 41.6 Å². The number of fused-ring (bicyclic) bond motifs is 2. The third-order valence-electron chi connectivity index (χ3n) is 6.11. The third kappa shape index (κ3) is 4.01. The molecule has 0 aliphatic carbocycles. The van der Waals surface area contributed by atoms with Crippen LogP contribution >= 0.6 is 0 Å². The van der Waals surface area contributed by atoms with Gasteiger partial charge in [-0.1, -0.05) is 6.07 Å². The highest BCUT2D eigenvalue weighted by Gasteiger charge is 2.29. The minimum absolute atomic E-state index is 0.211. The van der Waals surface area contributed by atoms with Crippen LogP contribution < -0.4 is 5.69 Å². The molecule has 5 rings (SSSR count). The zero-order valence-electron chi connectivity index (χ0n) is 19.0. The number of carbonyl (C=O) groups is 2. The van der Waals surface area contributed by atoms with Crippen molar-refractivity contribution in [3.05, 3.63) is 47.3 Å². The minimum Gasteiger partial charge on any atom is -0.444 e. The molecule has 1 fully saturated rings. The normalized spacial score (nSPS) is 15.9. The lowest BCUT2D eigenvalue weighted by Gasteiger charge is -2.32. The second-order valence-electron chi connectivity index (χ2n) is 8.31. The number of likely N-dealkylation sites (tertiary alicyclic amines) is 1. The largest absolute Gasteiger partial charge is 0.444 e. The van der Waals surface area contributed by atoms with E-state index in [0.29, 0.717) is 41.9 Å². The Bertz CT molecular complexity index is 1540. The Morgan fingerprint density at radius 2 is 2.11 bits per heavy atom. The molecule has 0 N–H and O–H groups in total. The van der Waals surface area contributed by atoms with E-state index in [4.69, 9.17) is 15.0 Å². The molecule has 0 spiro atoms. The lowest BCUT2D eigenvalue weighted by Crippen LogP contribution is -2.43. The van der Waals surface area contributed by atoms with Crippen LogP contribution in [0.2, 0.25) is 0 Å². The summed E-state index contributed by atoms with van der Waals surface area (Å²) < 4.78 is 9.68. The number of hydrogen-bond donors (Lipinski definition) is 0. The summed E-state index contributed by atoms with van der Waals surface area (Å²) in [7, 11) is 0. The Morgan fingerprint density at radius 1 is 1.26 bits per heavy atom. The summed E-state index contributed by atoms with van der Waals surface area (Å²) in [5, 5.41) is 13.3. The molecule has 1 aliphatic heterocycles. The molecule has 1 atom stereocenters. The third-order valence-corrected chi connectivity index (χ3v) is 6.11. The number of carbonyl (C=O) groups excluding carboxylic acids is 2. The first-order valence-electron chi connectivity index (χ1n) is 11.2. The van der Waals surface area contributed by atoms with Crippen molar-refractivity contribution in [1.29, 1.82) is 5.26 Å². The molecule has 0 aromatic carbocycles. The number of nitrogens with zero attached hydrogens (tertiary/aromatic N) is 8. The number of amides is 1. The molecule has 12 heteroatoms. The number of imidazole rings is 1. The van der Waals surface area contributed by atoms with Gasteiger partial charge in [-0.3, -0.25) is 18.7 Å². The van der Waals surface area contributed by atoms with Crippen LogP contribution in [0.5, 0.6) is 0 Å². The van der Waals surface area contributed by atoms with Crippen LogP contribution in [-0.4, -0.2) is 58.6 Å². The maximum absolute atomic E-state index is 13.5. The van der Waals surface area contributed by atoms with Gasteiger partial charge in [0, 0.05) is 26.2 Å². The summed E-state index contributed by atoms with van der Waals surface area (Å²) in [5.41, 5.74) is 1.89. The van der Waals surface area contributed by atoms with Crippen molar-refractivity contribution in [3.8, 4) is 17.5 Å². The molecule has 178 valence electrons. The maximum Gasteiger partial charge on any atom is 0.333 e. The highest BCUT2D eigenvalue weighted by Crippen LogP contribution is 2.27. The molecule has 1 saturated heterocycles. The first-order chi connectivity index (χ1) is 17.0. The molecular weight excluding hydrogens is 452 g/mol. The summed E-state index contributed by atoms with van der Waals surface area (Å²) in [4.78, 5) is 48.1. The fourth-order valence-electron chi connectivity index (χ4n) is 4.48. The van der Waals surface area contributed by atoms with Gasteiger partial charge in [-0.05, 0) is 25.0 Å². The summed E-state index contributed by atoms with van der Waals surface area (Å²) >= 11 is 0. The maximum atomic E-state index is 13.5. The molecule has 1 aliphatic rings. The Kier molecular flexibility index (Phi) is 5.74. The van der Waals surface area contributed by atoms with Crippen molar-refractivity contribution in [2.75, 3.05) is 13.1 Å². The molecule has 0 bridgehead atoms. The summed E-state index contributed by atoms with van der Waals surface area (Å²) in [5.74, 6) is -0.395. The molecular formula is C23H22N8O4. The van der Waals surface area contributed by atoms with Crippen molar-refractivity contribution in [2.45, 2.75) is 39.0 Å². The Hall–Kier alpha value is -4.53. The van der Waals surface area contributed by atoms with Crippen LogP contribution in [0.1, 0.15) is 32.2 Å². The summed E-state index contributed by atoms with van der Waals surface area (Å²) in [6.45, 7) is 1.80. The average molecular weight is 474 g/mol. The zero-order valence-corrected chi connectivity index (χ0v) is 19.0. The van der Waals surface area contributed by atoms with E-state index in [1.165, 1.54) is 17.7 Å². The zero-order chi connectivity index (χ0) is 24.5. The number of rotatable bonds is 5. The number of pyridine rings is 1. The number of nitriles is 1. The highest BCUT2D eigenvalue weighted by molar-refractivity contribution is 5.80. The van der Waals surface area contributed by atoms with E-state index in [1.807, 2.05) is 30.5 Å². The van der Waals surface area contributed by atoms with Crippen molar-refractivity contribution >= 4 is 28.6 Å². The van der Waals surface area contributed by atoms with Gasteiger partial charge in [0.1, 0.15) is 11.9 Å². The van der Waals surface area contributed by atoms with Crippen molar-refractivity contribution in [2.24, 2.45) is 0 Å². The molecule has 1 amide bonds. The fourth-order valence-corrected chi connectivity index (χ4v) is 4.48. The number of esters is 1. The minimum atomic E-state index is -0.521. The molecule has 0 radical (unpaired) electrons. The van der Waals surface area contributed by atoms with Gasteiger partial charge < -0.3 is 9.64 Å². The Labute approximate surface area is 199 Å². The Morgan fingerprint density at radius 3 is 2.91 bits per heavy atom. The van der Waals surface area contributed by atoms with Gasteiger partial charge in [0.05, 0.1) is 35.6 Å². The molecule has 35 heavy (non-hydrogen) atoms. The van der Waals surface area contributed by atoms with Gasteiger partial charge in [0.15, 0.2) is 18.2 Å². The predicted molar refractivity (Wildman–Crippen MR) is 123 cm³/mol. The first-order valence-corrected chi connectivity index (χ1v) is 11.2. The van der Waals surface area contributed by atoms with Crippen molar-refractivity contribution in [1.82, 2.24) is 33.6 Å². The van der Waals surface area contributed by atoms with E-state index >= 15 is 0 Å². The van der Waals surface area contributed by atoms with E-state index in [0.717, 1.165) is 5.52 Å². The number of hydrogen-bond acceptors (Lipinski definition) is 8. The van der Waals surface area contributed by atoms with Crippen LogP contribution in [0.3, 0.4) is 0 Å². The lowest BCUT2D eigenvalue weighted by molar-refractivity contribution is -0.144. The van der Waals surface area contributed by atoms with Gasteiger partial charge >= 0.3 is 11.7 Å². The summed E-state index contributed by atoms with van der Waals surface area (Å²) in [6.07, 6.45) is 6.13. The fraction of sp³-hybridized carbons (Fsp3) is 0.348. The van der Waals surface area contributed by atoms with E-state index in [9.17, 15) is 14.4 Å². The smallest absolute Gasteiger partial charge is 0.333 e. The van der Waals surface area contributed by atoms with Gasteiger partial charge in [-0.15, -0.1) is 0 Å².